The van der Waals surface area contributed by atoms with Gasteiger partial charge in [0.05, 0.1) is 6.61 Å². The Hall–Kier alpha value is -2.00. The molecule has 4 N–H and O–H groups in total. The molecule has 8 heteroatoms. The summed E-state index contributed by atoms with van der Waals surface area (Å²) in [6.07, 6.45) is 0.902. The van der Waals surface area contributed by atoms with Gasteiger partial charge in [-0.3, -0.25) is 9.59 Å². The molecule has 1 aromatic carbocycles. The zero-order chi connectivity index (χ0) is 24.2. The SMILES string of the molecule is CC(=O)N[C@@H]1[C@H](Oc2ccc3c(c2)CC[C@@H]2[C@@H]3CC[C@@]3(C)C(=O)CC[C@H]23)O[C@H](CO)[C@@H](O)[C@@H]1O. The first-order valence-electron chi connectivity index (χ1n) is 12.4. The lowest BCUT2D eigenvalue weighted by atomic mass is 9.55. The van der Waals surface area contributed by atoms with Crippen molar-refractivity contribution in [3.8, 4) is 5.75 Å². The second kappa shape index (κ2) is 8.90. The summed E-state index contributed by atoms with van der Waals surface area (Å²) in [6.45, 7) is 3.01. The maximum atomic E-state index is 12.6. The first kappa shape index (κ1) is 23.7. The summed E-state index contributed by atoms with van der Waals surface area (Å²) in [5, 5.41) is 32.9. The summed E-state index contributed by atoms with van der Waals surface area (Å²) in [4.78, 5) is 24.2. The third kappa shape index (κ3) is 3.85. The number of aliphatic hydroxyl groups excluding tert-OH is 3. The number of Topliss-reactive ketones (excluding diaryl/α,β-unsaturated/α-hetero) is 1. The number of carbonyl (C=O) groups excluding carboxylic acids is 2. The minimum atomic E-state index is -1.35. The number of nitrogens with one attached hydrogen (secondary N) is 1. The molecule has 1 saturated heterocycles. The Bertz CT molecular complexity index is 966. The van der Waals surface area contributed by atoms with E-state index in [1.165, 1.54) is 18.1 Å². The van der Waals surface area contributed by atoms with Gasteiger partial charge in [0, 0.05) is 18.8 Å². The average molecular weight is 474 g/mol. The van der Waals surface area contributed by atoms with Crippen molar-refractivity contribution in [1.29, 1.82) is 0 Å². The number of carbonyl (C=O) groups is 2. The number of hydrogen-bond donors (Lipinski definition) is 4. The molecule has 0 unspecified atom stereocenters. The van der Waals surface area contributed by atoms with Crippen LogP contribution in [-0.4, -0.2) is 64.3 Å². The molecule has 9 atom stereocenters. The van der Waals surface area contributed by atoms with Crippen LogP contribution >= 0.6 is 0 Å². The summed E-state index contributed by atoms with van der Waals surface area (Å²) in [6, 6.07) is 5.01. The Morgan fingerprint density at radius 1 is 1.21 bits per heavy atom. The fourth-order valence-electron chi connectivity index (χ4n) is 7.11. The standard InChI is InChI=1S/C26H35NO7/c1-13(29)27-22-24(32)23(31)20(12-28)34-25(22)33-15-4-6-16-14(11-15)3-5-18-17(16)9-10-26(2)19(18)7-8-21(26)30/h4,6,11,17-20,22-25,28,31-32H,3,5,7-10,12H2,1-2H3,(H,27,29)/t17-,18-,19-,20-,22+,23-,24-,25-,26-/m1/s1. The van der Waals surface area contributed by atoms with Gasteiger partial charge in [-0.1, -0.05) is 13.0 Å². The topological polar surface area (TPSA) is 125 Å². The maximum absolute atomic E-state index is 12.6. The highest BCUT2D eigenvalue weighted by Gasteiger charge is 2.54. The van der Waals surface area contributed by atoms with E-state index in [1.54, 1.807) is 0 Å². The number of fused-ring (bicyclic) bond motifs is 5. The van der Waals surface area contributed by atoms with Crippen LogP contribution in [0.3, 0.4) is 0 Å². The van der Waals surface area contributed by atoms with Gasteiger partial charge >= 0.3 is 0 Å². The normalized spacial score (nSPS) is 41.3. The van der Waals surface area contributed by atoms with Crippen molar-refractivity contribution in [3.05, 3.63) is 29.3 Å². The van der Waals surface area contributed by atoms with Crippen LogP contribution in [0.4, 0.5) is 0 Å². The van der Waals surface area contributed by atoms with Crippen LogP contribution in [0.1, 0.15) is 63.0 Å². The number of hydrogen-bond acceptors (Lipinski definition) is 7. The van der Waals surface area contributed by atoms with Crippen molar-refractivity contribution in [3.63, 3.8) is 0 Å². The molecule has 3 fully saturated rings. The van der Waals surface area contributed by atoms with Gasteiger partial charge in [0.2, 0.25) is 12.2 Å². The van der Waals surface area contributed by atoms with Gasteiger partial charge in [0.15, 0.2) is 0 Å². The fourth-order valence-corrected chi connectivity index (χ4v) is 7.11. The van der Waals surface area contributed by atoms with E-state index >= 15 is 0 Å². The molecule has 0 bridgehead atoms. The first-order chi connectivity index (χ1) is 16.2. The molecule has 34 heavy (non-hydrogen) atoms. The molecular weight excluding hydrogens is 438 g/mol. The summed E-state index contributed by atoms with van der Waals surface area (Å²) >= 11 is 0. The third-order valence-electron chi connectivity index (χ3n) is 8.91. The second-order valence-electron chi connectivity index (χ2n) is 10.7. The van der Waals surface area contributed by atoms with Crippen LogP contribution in [0, 0.1) is 17.3 Å². The third-order valence-corrected chi connectivity index (χ3v) is 8.91. The van der Waals surface area contributed by atoms with E-state index in [0.29, 0.717) is 29.3 Å². The number of benzene rings is 1. The van der Waals surface area contributed by atoms with Gasteiger partial charge in [-0.15, -0.1) is 0 Å². The quantitative estimate of drug-likeness (QED) is 0.521. The zero-order valence-electron chi connectivity index (χ0n) is 19.8. The second-order valence-corrected chi connectivity index (χ2v) is 10.7. The van der Waals surface area contributed by atoms with Crippen molar-refractivity contribution in [2.75, 3.05) is 6.61 Å². The summed E-state index contributed by atoms with van der Waals surface area (Å²) in [5.41, 5.74) is 2.41. The molecule has 0 radical (unpaired) electrons. The lowest BCUT2D eigenvalue weighted by molar-refractivity contribution is -0.244. The molecule has 1 amide bonds. The summed E-state index contributed by atoms with van der Waals surface area (Å²) < 4.78 is 11.8. The molecular formula is C26H35NO7. The zero-order valence-corrected chi connectivity index (χ0v) is 19.8. The van der Waals surface area contributed by atoms with E-state index in [2.05, 4.69) is 18.3 Å². The Morgan fingerprint density at radius 3 is 2.74 bits per heavy atom. The average Bonchev–Trinajstić information content (AvgIpc) is 3.12. The van der Waals surface area contributed by atoms with Gasteiger partial charge in [0.25, 0.3) is 0 Å². The van der Waals surface area contributed by atoms with Crippen LogP contribution in [0.2, 0.25) is 0 Å². The molecule has 2 saturated carbocycles. The monoisotopic (exact) mass is 473 g/mol. The van der Waals surface area contributed by atoms with Crippen LogP contribution in [-0.2, 0) is 20.7 Å². The molecule has 0 spiro atoms. The number of ketones is 1. The van der Waals surface area contributed by atoms with Crippen molar-refractivity contribution in [1.82, 2.24) is 5.32 Å². The molecule has 5 rings (SSSR count). The highest BCUT2D eigenvalue weighted by Crippen LogP contribution is 2.59. The van der Waals surface area contributed by atoms with Crippen molar-refractivity contribution < 1.29 is 34.4 Å². The Labute approximate surface area is 199 Å². The van der Waals surface area contributed by atoms with E-state index in [0.717, 1.165) is 38.5 Å². The highest BCUT2D eigenvalue weighted by atomic mass is 16.7. The minimum Gasteiger partial charge on any atom is -0.463 e. The molecule has 8 nitrogen and oxygen atoms in total. The molecule has 0 aromatic heterocycles. The van der Waals surface area contributed by atoms with E-state index < -0.39 is 37.3 Å². The number of amides is 1. The van der Waals surface area contributed by atoms with E-state index in [4.69, 9.17) is 9.47 Å². The molecule has 1 heterocycles. The number of aliphatic hydroxyl groups is 3. The lowest BCUT2D eigenvalue weighted by Gasteiger charge is -2.48. The minimum absolute atomic E-state index is 0.145. The van der Waals surface area contributed by atoms with E-state index in [9.17, 15) is 24.9 Å². The van der Waals surface area contributed by atoms with Crippen LogP contribution in [0.15, 0.2) is 18.2 Å². The van der Waals surface area contributed by atoms with Gasteiger partial charge in [-0.25, -0.2) is 0 Å². The maximum Gasteiger partial charge on any atom is 0.223 e. The predicted molar refractivity (Wildman–Crippen MR) is 122 cm³/mol. The van der Waals surface area contributed by atoms with Crippen LogP contribution in [0.25, 0.3) is 0 Å². The van der Waals surface area contributed by atoms with Crippen molar-refractivity contribution >= 4 is 11.7 Å². The van der Waals surface area contributed by atoms with E-state index in [1.807, 2.05) is 12.1 Å². The van der Waals surface area contributed by atoms with Crippen molar-refractivity contribution in [2.24, 2.45) is 17.3 Å². The summed E-state index contributed by atoms with van der Waals surface area (Å²) in [7, 11) is 0. The van der Waals surface area contributed by atoms with Gasteiger partial charge < -0.3 is 30.1 Å². The molecule has 4 aliphatic rings. The highest BCUT2D eigenvalue weighted by molar-refractivity contribution is 5.87. The number of aryl methyl sites for hydroxylation is 1. The number of ether oxygens (including phenoxy) is 2. The Balaban J connectivity index is 1.36. The Kier molecular flexibility index (Phi) is 6.21. The smallest absolute Gasteiger partial charge is 0.223 e. The first-order valence-corrected chi connectivity index (χ1v) is 12.4. The van der Waals surface area contributed by atoms with Crippen molar-refractivity contribution in [2.45, 2.75) is 88.9 Å². The van der Waals surface area contributed by atoms with Crippen LogP contribution in [0.5, 0.6) is 5.75 Å². The molecule has 3 aliphatic carbocycles. The lowest BCUT2D eigenvalue weighted by Crippen LogP contribution is -2.65. The predicted octanol–water partition coefficient (Wildman–Crippen LogP) is 1.43. The van der Waals surface area contributed by atoms with E-state index in [-0.39, 0.29) is 11.3 Å². The molecule has 1 aromatic rings. The number of rotatable bonds is 4. The largest absolute Gasteiger partial charge is 0.463 e. The molecule has 1 aliphatic heterocycles. The molecule has 186 valence electrons. The Morgan fingerprint density at radius 2 is 2.00 bits per heavy atom. The fraction of sp³-hybridized carbons (Fsp3) is 0.692. The van der Waals surface area contributed by atoms with Gasteiger partial charge in [-0.05, 0) is 73.1 Å². The summed E-state index contributed by atoms with van der Waals surface area (Å²) in [5.74, 6) is 2.07. The van der Waals surface area contributed by atoms with Crippen LogP contribution < -0.4 is 10.1 Å². The van der Waals surface area contributed by atoms with Gasteiger partial charge in [-0.2, -0.15) is 0 Å². The van der Waals surface area contributed by atoms with Gasteiger partial charge in [0.1, 0.15) is 35.9 Å².